The summed E-state index contributed by atoms with van der Waals surface area (Å²) in [7, 11) is 0. The highest BCUT2D eigenvalue weighted by molar-refractivity contribution is 6.30. The molecule has 5 nitrogen and oxygen atoms in total. The van der Waals surface area contributed by atoms with Crippen LogP contribution in [0.3, 0.4) is 0 Å². The Kier molecular flexibility index (Phi) is 7.79. The number of carbonyl (C=O) groups excluding carboxylic acids is 2. The first-order chi connectivity index (χ1) is 14.7. The number of benzene rings is 2. The molecule has 0 aliphatic carbocycles. The molecular formula is C26H33ClN2O3. The van der Waals surface area contributed by atoms with E-state index in [4.69, 9.17) is 11.6 Å². The van der Waals surface area contributed by atoms with E-state index in [9.17, 15) is 14.7 Å². The van der Waals surface area contributed by atoms with Crippen molar-refractivity contribution in [3.8, 4) is 5.75 Å². The van der Waals surface area contributed by atoms with Crippen LogP contribution in [0.2, 0.25) is 5.02 Å². The molecule has 0 bridgehead atoms. The number of amides is 2. The van der Waals surface area contributed by atoms with Gasteiger partial charge in [-0.25, -0.2) is 0 Å². The Morgan fingerprint density at radius 2 is 1.44 bits per heavy atom. The van der Waals surface area contributed by atoms with Gasteiger partial charge in [0.25, 0.3) is 5.91 Å². The predicted octanol–water partition coefficient (Wildman–Crippen LogP) is 5.60. The SMILES string of the molecule is CC(C(=O)NNC(=O)/C=C/c1ccc(Cl)cc1)c1cc(C(C)(C)C)c(O)c(C(C)(C)C)c1. The van der Waals surface area contributed by atoms with Crippen LogP contribution >= 0.6 is 11.6 Å². The average Bonchev–Trinajstić information content (AvgIpc) is 2.69. The van der Waals surface area contributed by atoms with Crippen LogP contribution in [0.5, 0.6) is 5.75 Å². The van der Waals surface area contributed by atoms with Gasteiger partial charge in [-0.2, -0.15) is 0 Å². The molecule has 6 heteroatoms. The topological polar surface area (TPSA) is 78.4 Å². The molecule has 3 N–H and O–H groups in total. The minimum absolute atomic E-state index is 0.266. The first-order valence-corrected chi connectivity index (χ1v) is 11.0. The number of rotatable bonds is 4. The third kappa shape index (κ3) is 6.60. The minimum atomic E-state index is -0.529. The van der Waals surface area contributed by atoms with Crippen molar-refractivity contribution in [1.82, 2.24) is 10.9 Å². The molecule has 1 atom stereocenters. The largest absolute Gasteiger partial charge is 0.507 e. The van der Waals surface area contributed by atoms with Crippen molar-refractivity contribution in [2.75, 3.05) is 0 Å². The second-order valence-electron chi connectivity index (χ2n) is 10.0. The fourth-order valence-corrected chi connectivity index (χ4v) is 3.35. The van der Waals surface area contributed by atoms with Crippen molar-refractivity contribution in [3.05, 3.63) is 69.8 Å². The molecule has 1 unspecified atom stereocenters. The molecule has 0 spiro atoms. The molecule has 2 aromatic carbocycles. The summed E-state index contributed by atoms with van der Waals surface area (Å²) in [5, 5.41) is 11.5. The monoisotopic (exact) mass is 456 g/mol. The second kappa shape index (κ2) is 9.78. The van der Waals surface area contributed by atoms with Gasteiger partial charge in [0.1, 0.15) is 5.75 Å². The van der Waals surface area contributed by atoms with Crippen LogP contribution in [0.1, 0.15) is 76.6 Å². The molecule has 0 aromatic heterocycles. The lowest BCUT2D eigenvalue weighted by Crippen LogP contribution is -2.42. The first kappa shape index (κ1) is 25.5. The maximum atomic E-state index is 12.7. The summed E-state index contributed by atoms with van der Waals surface area (Å²) in [4.78, 5) is 24.8. The van der Waals surface area contributed by atoms with Crippen molar-refractivity contribution < 1.29 is 14.7 Å². The molecule has 0 aliphatic heterocycles. The number of carbonyl (C=O) groups is 2. The fourth-order valence-electron chi connectivity index (χ4n) is 3.22. The molecule has 172 valence electrons. The summed E-state index contributed by atoms with van der Waals surface area (Å²) in [6.45, 7) is 13.9. The Morgan fingerprint density at radius 3 is 1.91 bits per heavy atom. The molecule has 0 saturated heterocycles. The summed E-state index contributed by atoms with van der Waals surface area (Å²) in [6.07, 6.45) is 2.97. The zero-order valence-corrected chi connectivity index (χ0v) is 20.6. The van der Waals surface area contributed by atoms with Crippen molar-refractivity contribution in [2.45, 2.75) is 65.2 Å². The van der Waals surface area contributed by atoms with Crippen LogP contribution in [0, 0.1) is 0 Å². The number of nitrogens with one attached hydrogen (secondary N) is 2. The van der Waals surface area contributed by atoms with Crippen LogP contribution in [0.25, 0.3) is 6.08 Å². The van der Waals surface area contributed by atoms with Crippen LogP contribution in [0.15, 0.2) is 42.5 Å². The average molecular weight is 457 g/mol. The maximum absolute atomic E-state index is 12.7. The van der Waals surface area contributed by atoms with Gasteiger partial charge in [-0.15, -0.1) is 0 Å². The maximum Gasteiger partial charge on any atom is 0.262 e. The van der Waals surface area contributed by atoms with Gasteiger partial charge in [0, 0.05) is 11.1 Å². The molecule has 0 aliphatic rings. The summed E-state index contributed by atoms with van der Waals surface area (Å²) >= 11 is 5.85. The number of hydrazine groups is 1. The number of aromatic hydroxyl groups is 1. The van der Waals surface area contributed by atoms with Gasteiger partial charge >= 0.3 is 0 Å². The fraction of sp³-hybridized carbons (Fsp3) is 0.385. The molecule has 0 saturated carbocycles. The van der Waals surface area contributed by atoms with Crippen LogP contribution in [0.4, 0.5) is 0 Å². The summed E-state index contributed by atoms with van der Waals surface area (Å²) in [5.41, 5.74) is 7.48. The quantitative estimate of drug-likeness (QED) is 0.413. The summed E-state index contributed by atoms with van der Waals surface area (Å²) in [6, 6.07) is 10.8. The number of phenols is 1. The van der Waals surface area contributed by atoms with Crippen LogP contribution in [-0.2, 0) is 20.4 Å². The van der Waals surface area contributed by atoms with E-state index in [1.165, 1.54) is 6.08 Å². The third-order valence-electron chi connectivity index (χ3n) is 5.25. The van der Waals surface area contributed by atoms with Gasteiger partial charge in [0.15, 0.2) is 0 Å². The van der Waals surface area contributed by atoms with Crippen molar-refractivity contribution in [3.63, 3.8) is 0 Å². The minimum Gasteiger partial charge on any atom is -0.507 e. The molecular weight excluding hydrogens is 424 g/mol. The first-order valence-electron chi connectivity index (χ1n) is 10.6. The van der Waals surface area contributed by atoms with E-state index in [1.807, 2.05) is 53.7 Å². The van der Waals surface area contributed by atoms with E-state index in [1.54, 1.807) is 37.3 Å². The smallest absolute Gasteiger partial charge is 0.262 e. The van der Waals surface area contributed by atoms with Gasteiger partial charge in [-0.3, -0.25) is 20.4 Å². The van der Waals surface area contributed by atoms with Crippen LogP contribution in [-0.4, -0.2) is 16.9 Å². The normalized spacial score (nSPS) is 13.1. The summed E-state index contributed by atoms with van der Waals surface area (Å²) < 4.78 is 0. The van der Waals surface area contributed by atoms with Gasteiger partial charge in [-0.1, -0.05) is 77.4 Å². The van der Waals surface area contributed by atoms with Gasteiger partial charge in [-0.05, 0) is 58.2 Å². The van der Waals surface area contributed by atoms with E-state index in [-0.39, 0.29) is 22.5 Å². The van der Waals surface area contributed by atoms with Crippen molar-refractivity contribution >= 4 is 29.5 Å². The lowest BCUT2D eigenvalue weighted by atomic mass is 9.77. The Labute approximate surface area is 195 Å². The van der Waals surface area contributed by atoms with Gasteiger partial charge < -0.3 is 5.11 Å². The Balaban J connectivity index is 2.16. The number of phenolic OH excluding ortho intramolecular Hbond substituents is 1. The predicted molar refractivity (Wildman–Crippen MR) is 131 cm³/mol. The highest BCUT2D eigenvalue weighted by Crippen LogP contribution is 2.41. The standard InChI is InChI=1S/C26H33ClN2O3/c1-16(18-14-20(25(2,3)4)23(31)21(15-18)26(5,6)7)24(32)29-28-22(30)13-10-17-8-11-19(27)12-9-17/h8-16,31H,1-7H3,(H,28,30)(H,29,32)/b13-10+. The summed E-state index contributed by atoms with van der Waals surface area (Å²) in [5.74, 6) is -1.05. The second-order valence-corrected chi connectivity index (χ2v) is 10.5. The van der Waals surface area contributed by atoms with E-state index in [0.29, 0.717) is 5.02 Å². The lowest BCUT2D eigenvalue weighted by molar-refractivity contribution is -0.127. The van der Waals surface area contributed by atoms with E-state index >= 15 is 0 Å². The molecule has 0 radical (unpaired) electrons. The number of hydrogen-bond donors (Lipinski definition) is 3. The zero-order valence-electron chi connectivity index (χ0n) is 19.8. The Bertz CT molecular complexity index is 978. The van der Waals surface area contributed by atoms with E-state index in [0.717, 1.165) is 22.3 Å². The van der Waals surface area contributed by atoms with Gasteiger partial charge in [0.05, 0.1) is 5.92 Å². The molecule has 2 amide bonds. The van der Waals surface area contributed by atoms with Gasteiger partial charge in [0.2, 0.25) is 5.91 Å². The molecule has 0 fully saturated rings. The zero-order chi connectivity index (χ0) is 24.3. The molecule has 0 heterocycles. The van der Waals surface area contributed by atoms with E-state index in [2.05, 4.69) is 10.9 Å². The molecule has 2 aromatic rings. The molecule has 32 heavy (non-hydrogen) atoms. The Hall–Kier alpha value is -2.79. The number of halogens is 1. The highest BCUT2D eigenvalue weighted by Gasteiger charge is 2.28. The van der Waals surface area contributed by atoms with Crippen molar-refractivity contribution in [2.24, 2.45) is 0 Å². The Morgan fingerprint density at radius 1 is 0.938 bits per heavy atom. The third-order valence-corrected chi connectivity index (χ3v) is 5.50. The van der Waals surface area contributed by atoms with Crippen molar-refractivity contribution in [1.29, 1.82) is 0 Å². The highest BCUT2D eigenvalue weighted by atomic mass is 35.5. The lowest BCUT2D eigenvalue weighted by Gasteiger charge is -2.29. The molecule has 2 rings (SSSR count). The van der Waals surface area contributed by atoms with Crippen LogP contribution < -0.4 is 10.9 Å². The number of hydrogen-bond acceptors (Lipinski definition) is 3. The van der Waals surface area contributed by atoms with E-state index < -0.39 is 11.8 Å².